The first kappa shape index (κ1) is 57.5. The fraction of sp³-hybridized carbons (Fsp3) is 0.281. The number of hydrogen-bond acceptors (Lipinski definition) is 6. The van der Waals surface area contributed by atoms with Crippen molar-refractivity contribution in [1.29, 1.82) is 0 Å². The van der Waals surface area contributed by atoms with Gasteiger partial charge in [0.05, 0.1) is 28.4 Å². The van der Waals surface area contributed by atoms with Crippen molar-refractivity contribution in [3.8, 4) is 56.8 Å². The van der Waals surface area contributed by atoms with Gasteiger partial charge < -0.3 is 29.2 Å². The second-order valence-corrected chi connectivity index (χ2v) is 20.6. The fourth-order valence-electron chi connectivity index (χ4n) is 8.27. The molecule has 0 heterocycles. The summed E-state index contributed by atoms with van der Waals surface area (Å²) in [5.74, 6) is 0.817. The molecular weight excluding hydrogens is 1050 g/mol. The number of rotatable bonds is 4. The average molecular weight is 1110 g/mol. The first-order chi connectivity index (χ1) is 35.3. The molecule has 0 N–H and O–H groups in total. The van der Waals surface area contributed by atoms with E-state index in [1.165, 1.54) is 137 Å². The van der Waals surface area contributed by atoms with Gasteiger partial charge in [0.25, 0.3) is 0 Å². The second kappa shape index (κ2) is 33.3. The molecule has 0 atom stereocenters. The molecule has 0 spiro atoms. The van der Waals surface area contributed by atoms with E-state index in [1.807, 2.05) is 36.4 Å². The summed E-state index contributed by atoms with van der Waals surface area (Å²) in [5.41, 5.74) is 11.0. The predicted octanol–water partition coefficient (Wildman–Crippen LogP) is 13.6. The van der Waals surface area contributed by atoms with Gasteiger partial charge in [0.1, 0.15) is 23.0 Å². The number of fused-ring (bicyclic) bond motifs is 6. The molecule has 6 aromatic rings. The molecule has 72 heavy (non-hydrogen) atoms. The van der Waals surface area contributed by atoms with E-state index in [1.54, 1.807) is 91.3 Å². The maximum Gasteiger partial charge on any atom is -0.0253 e. The Morgan fingerprint density at radius 3 is 1.04 bits per heavy atom. The van der Waals surface area contributed by atoms with Gasteiger partial charge in [-0.3, -0.25) is 12.2 Å². The van der Waals surface area contributed by atoms with Crippen LogP contribution < -0.4 is 29.2 Å². The first-order valence-corrected chi connectivity index (χ1v) is 27.2. The molecule has 12 rings (SSSR count). The Bertz CT molecular complexity index is 2380. The Kier molecular flexibility index (Phi) is 26.6. The topological polar surface area (TPSA) is 83.0 Å². The maximum absolute atomic E-state index is 11.2. The number of para-hydroxylation sites is 2. The maximum atomic E-state index is 11.2. The van der Waals surface area contributed by atoms with Crippen LogP contribution >= 0.6 is 0 Å². The zero-order valence-corrected chi connectivity index (χ0v) is 47.3. The Balaban J connectivity index is 0.000000156. The molecule has 0 amide bonds. The van der Waals surface area contributed by atoms with Crippen LogP contribution in [0.1, 0.15) is 99.3 Å². The molecule has 6 aliphatic rings. The van der Waals surface area contributed by atoms with Gasteiger partial charge in [-0.1, -0.05) is 82.9 Å². The third kappa shape index (κ3) is 19.2. The summed E-state index contributed by atoms with van der Waals surface area (Å²) in [6.45, 7) is 0. The van der Waals surface area contributed by atoms with Crippen molar-refractivity contribution in [2.75, 3.05) is 28.4 Å². The number of ether oxygens (including phenoxy) is 4. The van der Waals surface area contributed by atoms with E-state index in [-0.39, 0.29) is 11.5 Å². The van der Waals surface area contributed by atoms with Gasteiger partial charge in [0, 0.05) is 0 Å². The Morgan fingerprint density at radius 1 is 0.417 bits per heavy atom. The van der Waals surface area contributed by atoms with Gasteiger partial charge in [0.15, 0.2) is 0 Å². The van der Waals surface area contributed by atoms with Crippen molar-refractivity contribution in [2.24, 2.45) is 0 Å². The molecule has 2 fully saturated rings. The molecule has 0 aliphatic heterocycles. The Morgan fingerprint density at radius 2 is 0.764 bits per heavy atom. The largest absolute Gasteiger partial charge is 0.179 e. The standard InChI is InChI=1S/2C13H9.2C8H10O3.2C6H10.2C5H5.2Zr/c2*1-3-7-12-10(5-1)9-11-6-2-4-8-13(11)12;2*1-10-6-4-3-5-7(11-2)8(6)9;2*1-2-4-6-5-3-1;2*1-2-4-5-3-1;;/h2*1-5,7-8H,9H2;2*3-5,9H,1-2H3;2*1-5H2;2*1-3H,4H2;;/q2*-1;;;;;2*-1;2*+2/p-2. The number of hydrogen-bond donors (Lipinski definition) is 0. The molecular formula is C64H66O6Zr2-2. The molecule has 0 unspecified atom stereocenters. The van der Waals surface area contributed by atoms with E-state index >= 15 is 0 Å². The summed E-state index contributed by atoms with van der Waals surface area (Å²) in [6, 6.07) is 46.0. The monoisotopic (exact) mass is 1110 g/mol. The van der Waals surface area contributed by atoms with Crippen LogP contribution in [0.2, 0.25) is 0 Å². The van der Waals surface area contributed by atoms with Gasteiger partial charge in [-0.25, -0.2) is 24.3 Å². The summed E-state index contributed by atoms with van der Waals surface area (Å²) in [4.78, 5) is 0. The molecule has 0 aromatic heterocycles. The average Bonchev–Trinajstić information content (AvgIpc) is 4.30. The van der Waals surface area contributed by atoms with E-state index in [9.17, 15) is 10.2 Å². The van der Waals surface area contributed by atoms with Gasteiger partial charge in [-0.2, -0.15) is 71.8 Å². The van der Waals surface area contributed by atoms with Crippen LogP contribution in [0.5, 0.6) is 34.5 Å². The van der Waals surface area contributed by atoms with Crippen LogP contribution in [0, 0.1) is 24.3 Å². The van der Waals surface area contributed by atoms with Crippen LogP contribution in [-0.2, 0) is 61.3 Å². The zero-order valence-electron chi connectivity index (χ0n) is 42.4. The molecule has 6 aromatic carbocycles. The summed E-state index contributed by atoms with van der Waals surface area (Å²) in [7, 11) is 5.82. The van der Waals surface area contributed by atoms with Crippen molar-refractivity contribution < 1.29 is 77.6 Å². The van der Waals surface area contributed by atoms with Crippen LogP contribution in [0.25, 0.3) is 22.3 Å². The number of benzene rings is 6. The predicted molar refractivity (Wildman–Crippen MR) is 284 cm³/mol. The molecule has 2 saturated carbocycles. The van der Waals surface area contributed by atoms with Crippen molar-refractivity contribution in [1.82, 2.24) is 0 Å². The summed E-state index contributed by atoms with van der Waals surface area (Å²) >= 11 is 3.38. The molecule has 0 bridgehead atoms. The zero-order chi connectivity index (χ0) is 51.2. The van der Waals surface area contributed by atoms with Gasteiger partial charge in [-0.05, 0) is 48.6 Å². The normalized spacial score (nSPS) is 14.2. The van der Waals surface area contributed by atoms with Crippen molar-refractivity contribution in [3.05, 3.63) is 204 Å². The molecule has 0 saturated heterocycles. The summed E-state index contributed by atoms with van der Waals surface area (Å²) in [5, 5.41) is 22.4. The minimum atomic E-state index is -0.211. The SMILES string of the molecule is COc1cccc(OC)c1[O-].COc1cccc(OC)c1[O-].[C-]1=CC=CC1.[C-]1=CC=CC1.[Zr+2]=[C]1CCCCC1.[Zr+2]=[C]1CCCCC1.[c-]1cccc2c1Cc1ccccc1-2.[c-]1cccc2c1Cc1ccccc1-2. The van der Waals surface area contributed by atoms with Gasteiger partial charge >= 0.3 is 119 Å². The molecule has 0 radical (unpaired) electrons. The van der Waals surface area contributed by atoms with Gasteiger partial charge in [0.2, 0.25) is 0 Å². The van der Waals surface area contributed by atoms with E-state index in [0.29, 0.717) is 23.0 Å². The minimum Gasteiger partial charge on any atom is -0.179 e. The molecule has 368 valence electrons. The number of methoxy groups -OCH3 is 4. The van der Waals surface area contributed by atoms with E-state index in [0.717, 1.165) is 25.7 Å². The summed E-state index contributed by atoms with van der Waals surface area (Å²) in [6.07, 6.45) is 36.7. The van der Waals surface area contributed by atoms with E-state index < -0.39 is 0 Å². The quantitative estimate of drug-likeness (QED) is 0.163. The fourth-order valence-corrected chi connectivity index (χ4v) is 10.0. The molecule has 6 aliphatic carbocycles. The summed E-state index contributed by atoms with van der Waals surface area (Å²) < 4.78 is 22.8. The van der Waals surface area contributed by atoms with Crippen LogP contribution in [-0.4, -0.2) is 34.9 Å². The van der Waals surface area contributed by atoms with Crippen molar-refractivity contribution in [3.63, 3.8) is 0 Å². The van der Waals surface area contributed by atoms with Gasteiger partial charge in [-0.15, -0.1) is 24.0 Å². The van der Waals surface area contributed by atoms with Crippen molar-refractivity contribution >= 4 is 6.41 Å². The van der Waals surface area contributed by atoms with Crippen LogP contribution in [0.15, 0.2) is 158 Å². The van der Waals surface area contributed by atoms with Crippen LogP contribution in [0.4, 0.5) is 0 Å². The minimum absolute atomic E-state index is 0.211. The van der Waals surface area contributed by atoms with E-state index in [4.69, 9.17) is 18.9 Å². The molecule has 6 nitrogen and oxygen atoms in total. The molecule has 8 heteroatoms. The van der Waals surface area contributed by atoms with Crippen LogP contribution in [0.3, 0.4) is 0 Å². The number of allylic oxidation sites excluding steroid dienone is 8. The Labute approximate surface area is 459 Å². The third-order valence-corrected chi connectivity index (χ3v) is 14.5. The second-order valence-electron chi connectivity index (χ2n) is 17.1. The Hall–Kier alpha value is -5.41. The first-order valence-electron chi connectivity index (χ1n) is 24.8. The van der Waals surface area contributed by atoms with Crippen molar-refractivity contribution in [2.45, 2.75) is 89.9 Å². The smallest absolute Gasteiger partial charge is 0.0253 e. The van der Waals surface area contributed by atoms with E-state index in [2.05, 4.69) is 109 Å². The third-order valence-electron chi connectivity index (χ3n) is 12.1.